The van der Waals surface area contributed by atoms with Gasteiger partial charge in [0.2, 0.25) is 0 Å². The lowest BCUT2D eigenvalue weighted by Gasteiger charge is -2.09. The summed E-state index contributed by atoms with van der Waals surface area (Å²) in [7, 11) is 0. The fourth-order valence-corrected chi connectivity index (χ4v) is 1.53. The second-order valence-electron chi connectivity index (χ2n) is 3.82. The first-order valence-corrected chi connectivity index (χ1v) is 5.72. The number of hydrogen-bond donors (Lipinski definition) is 1. The van der Waals surface area contributed by atoms with Gasteiger partial charge in [0.15, 0.2) is 17.4 Å². The normalized spacial score (nSPS) is 10.2. The third-order valence-corrected chi connectivity index (χ3v) is 2.38. The zero-order chi connectivity index (χ0) is 13.7. The summed E-state index contributed by atoms with van der Waals surface area (Å²) in [5, 5.41) is 0. The van der Waals surface area contributed by atoms with Gasteiger partial charge in [-0.05, 0) is 24.3 Å². The van der Waals surface area contributed by atoms with E-state index in [1.165, 1.54) is 6.07 Å². The van der Waals surface area contributed by atoms with E-state index < -0.39 is 17.4 Å². The Labute approximate surface area is 109 Å². The van der Waals surface area contributed by atoms with Gasteiger partial charge in [-0.3, -0.25) is 0 Å². The number of hydrogen-bond acceptors (Lipinski definition) is 3. The van der Waals surface area contributed by atoms with Crippen LogP contribution in [0.4, 0.5) is 14.5 Å². The molecule has 0 amide bonds. The average molecular weight is 265 g/mol. The Kier molecular flexibility index (Phi) is 4.18. The topological polar surface area (TPSA) is 44.5 Å². The minimum atomic E-state index is -0.732. The van der Waals surface area contributed by atoms with Crippen LogP contribution in [-0.2, 0) is 0 Å². The van der Waals surface area contributed by atoms with Gasteiger partial charge in [0.25, 0.3) is 0 Å². The Hall–Kier alpha value is -2.30. The zero-order valence-corrected chi connectivity index (χ0v) is 10.1. The van der Waals surface area contributed by atoms with E-state index in [1.54, 1.807) is 24.3 Å². The molecular weight excluding hydrogens is 252 g/mol. The molecule has 0 saturated heterocycles. The maximum atomic E-state index is 13.2. The maximum Gasteiger partial charge on any atom is 0.190 e. The van der Waals surface area contributed by atoms with E-state index in [4.69, 9.17) is 15.2 Å². The first kappa shape index (κ1) is 13.1. The van der Waals surface area contributed by atoms with E-state index in [1.807, 2.05) is 0 Å². The number of benzene rings is 2. The van der Waals surface area contributed by atoms with E-state index in [0.717, 1.165) is 12.1 Å². The molecule has 0 unspecified atom stereocenters. The lowest BCUT2D eigenvalue weighted by Crippen LogP contribution is -2.10. The standard InChI is InChI=1S/C14H13F2NO2/c15-12-5-2-6-13(16)14(12)19-8-7-18-11-4-1-3-10(17)9-11/h1-6,9H,7-8,17H2. The quantitative estimate of drug-likeness (QED) is 0.667. The summed E-state index contributed by atoms with van der Waals surface area (Å²) in [6.07, 6.45) is 0. The minimum absolute atomic E-state index is 0.0344. The molecule has 2 aromatic rings. The van der Waals surface area contributed by atoms with Crippen LogP contribution in [0.5, 0.6) is 11.5 Å². The third kappa shape index (κ3) is 3.58. The highest BCUT2D eigenvalue weighted by molar-refractivity contribution is 5.43. The van der Waals surface area contributed by atoms with Gasteiger partial charge < -0.3 is 15.2 Å². The molecule has 19 heavy (non-hydrogen) atoms. The van der Waals surface area contributed by atoms with Gasteiger partial charge in [0.05, 0.1) is 0 Å². The van der Waals surface area contributed by atoms with Crippen LogP contribution in [0.15, 0.2) is 42.5 Å². The molecule has 0 spiro atoms. The number of halogens is 2. The van der Waals surface area contributed by atoms with Crippen LogP contribution in [0, 0.1) is 11.6 Å². The molecule has 0 fully saturated rings. The molecule has 0 aliphatic carbocycles. The van der Waals surface area contributed by atoms with E-state index >= 15 is 0 Å². The van der Waals surface area contributed by atoms with E-state index in [-0.39, 0.29) is 13.2 Å². The molecule has 0 heterocycles. The molecule has 100 valence electrons. The fourth-order valence-electron chi connectivity index (χ4n) is 1.53. The Morgan fingerprint density at radius 2 is 1.53 bits per heavy atom. The van der Waals surface area contributed by atoms with Crippen molar-refractivity contribution in [3.05, 3.63) is 54.1 Å². The number of nitrogen functional groups attached to an aromatic ring is 1. The van der Waals surface area contributed by atoms with Crippen LogP contribution in [0.25, 0.3) is 0 Å². The summed E-state index contributed by atoms with van der Waals surface area (Å²) < 4.78 is 36.8. The number of rotatable bonds is 5. The molecule has 3 nitrogen and oxygen atoms in total. The number of anilines is 1. The van der Waals surface area contributed by atoms with Gasteiger partial charge in [0, 0.05) is 11.8 Å². The van der Waals surface area contributed by atoms with Crippen LogP contribution in [-0.4, -0.2) is 13.2 Å². The van der Waals surface area contributed by atoms with Crippen LogP contribution < -0.4 is 15.2 Å². The van der Waals surface area contributed by atoms with Crippen molar-refractivity contribution < 1.29 is 18.3 Å². The molecule has 0 atom stereocenters. The predicted molar refractivity (Wildman–Crippen MR) is 68.2 cm³/mol. The Bertz CT molecular complexity index is 541. The lowest BCUT2D eigenvalue weighted by atomic mass is 10.3. The van der Waals surface area contributed by atoms with Crippen LogP contribution in [0.3, 0.4) is 0 Å². The summed E-state index contributed by atoms with van der Waals surface area (Å²) in [6.45, 7) is 0.198. The summed E-state index contributed by atoms with van der Waals surface area (Å²) in [6, 6.07) is 10.4. The van der Waals surface area contributed by atoms with Crippen molar-refractivity contribution in [1.29, 1.82) is 0 Å². The van der Waals surface area contributed by atoms with Crippen molar-refractivity contribution >= 4 is 5.69 Å². The molecule has 0 saturated carbocycles. The van der Waals surface area contributed by atoms with Crippen molar-refractivity contribution in [1.82, 2.24) is 0 Å². The van der Waals surface area contributed by atoms with Crippen LogP contribution in [0.2, 0.25) is 0 Å². The van der Waals surface area contributed by atoms with Crippen molar-refractivity contribution in [3.8, 4) is 11.5 Å². The summed E-state index contributed by atoms with van der Waals surface area (Å²) in [5.41, 5.74) is 6.17. The largest absolute Gasteiger partial charge is 0.490 e. The van der Waals surface area contributed by atoms with Crippen molar-refractivity contribution in [2.24, 2.45) is 0 Å². The summed E-state index contributed by atoms with van der Waals surface area (Å²) in [4.78, 5) is 0. The van der Waals surface area contributed by atoms with Gasteiger partial charge in [-0.2, -0.15) is 0 Å². The predicted octanol–water partition coefficient (Wildman–Crippen LogP) is 3.00. The Morgan fingerprint density at radius 3 is 2.21 bits per heavy atom. The molecule has 2 N–H and O–H groups in total. The smallest absolute Gasteiger partial charge is 0.190 e. The molecule has 0 bridgehead atoms. The second kappa shape index (κ2) is 6.04. The minimum Gasteiger partial charge on any atom is -0.490 e. The van der Waals surface area contributed by atoms with Crippen molar-refractivity contribution in [2.45, 2.75) is 0 Å². The summed E-state index contributed by atoms with van der Waals surface area (Å²) in [5.74, 6) is -1.27. The van der Waals surface area contributed by atoms with E-state index in [0.29, 0.717) is 11.4 Å². The van der Waals surface area contributed by atoms with Gasteiger partial charge in [-0.1, -0.05) is 12.1 Å². The first-order valence-electron chi connectivity index (χ1n) is 5.72. The molecular formula is C14H13F2NO2. The number of ether oxygens (including phenoxy) is 2. The molecule has 0 aliphatic heterocycles. The van der Waals surface area contributed by atoms with E-state index in [2.05, 4.69) is 0 Å². The molecule has 2 rings (SSSR count). The fraction of sp³-hybridized carbons (Fsp3) is 0.143. The third-order valence-electron chi connectivity index (χ3n) is 2.38. The van der Waals surface area contributed by atoms with Gasteiger partial charge >= 0.3 is 0 Å². The van der Waals surface area contributed by atoms with Gasteiger partial charge in [-0.25, -0.2) is 8.78 Å². The van der Waals surface area contributed by atoms with Crippen molar-refractivity contribution in [3.63, 3.8) is 0 Å². The maximum absolute atomic E-state index is 13.2. The highest BCUT2D eigenvalue weighted by Gasteiger charge is 2.09. The highest BCUT2D eigenvalue weighted by atomic mass is 19.1. The first-order chi connectivity index (χ1) is 9.16. The molecule has 2 aromatic carbocycles. The van der Waals surface area contributed by atoms with Crippen LogP contribution in [0.1, 0.15) is 0 Å². The molecule has 0 aliphatic rings. The molecule has 0 aromatic heterocycles. The average Bonchev–Trinajstić information content (AvgIpc) is 2.37. The Balaban J connectivity index is 1.84. The van der Waals surface area contributed by atoms with Crippen molar-refractivity contribution in [2.75, 3.05) is 18.9 Å². The molecule has 5 heteroatoms. The SMILES string of the molecule is Nc1cccc(OCCOc2c(F)cccc2F)c1. The number of nitrogens with two attached hydrogens (primary N) is 1. The Morgan fingerprint density at radius 1 is 0.895 bits per heavy atom. The second-order valence-corrected chi connectivity index (χ2v) is 3.82. The monoisotopic (exact) mass is 265 g/mol. The van der Waals surface area contributed by atoms with Gasteiger partial charge in [-0.15, -0.1) is 0 Å². The highest BCUT2D eigenvalue weighted by Crippen LogP contribution is 2.20. The number of para-hydroxylation sites is 1. The lowest BCUT2D eigenvalue weighted by molar-refractivity contribution is 0.205. The summed E-state index contributed by atoms with van der Waals surface area (Å²) >= 11 is 0. The zero-order valence-electron chi connectivity index (χ0n) is 10.1. The van der Waals surface area contributed by atoms with E-state index in [9.17, 15) is 8.78 Å². The van der Waals surface area contributed by atoms with Gasteiger partial charge in [0.1, 0.15) is 19.0 Å². The van der Waals surface area contributed by atoms with Crippen LogP contribution >= 0.6 is 0 Å². The molecule has 0 radical (unpaired) electrons.